The van der Waals surface area contributed by atoms with Crippen LogP contribution in [0.3, 0.4) is 0 Å². The van der Waals surface area contributed by atoms with E-state index < -0.39 is 23.5 Å². The van der Waals surface area contributed by atoms with Crippen LogP contribution in [0.25, 0.3) is 6.08 Å². The Morgan fingerprint density at radius 1 is 1.17 bits per heavy atom. The number of hydrogen-bond acceptors (Lipinski definition) is 6. The summed E-state index contributed by atoms with van der Waals surface area (Å²) in [7, 11) is 0. The molecule has 23 heavy (non-hydrogen) atoms. The number of benzene rings is 1. The van der Waals surface area contributed by atoms with Gasteiger partial charge in [-0.3, -0.25) is 14.4 Å². The normalized spacial score (nSPS) is 20.2. The Morgan fingerprint density at radius 3 is 2.65 bits per heavy atom. The van der Waals surface area contributed by atoms with Crippen molar-refractivity contribution in [2.75, 3.05) is 13.2 Å². The van der Waals surface area contributed by atoms with Gasteiger partial charge < -0.3 is 14.2 Å². The average Bonchev–Trinajstić information content (AvgIpc) is 2.51. The molecule has 1 aromatic carbocycles. The van der Waals surface area contributed by atoms with Crippen LogP contribution >= 0.6 is 0 Å². The first-order valence-electron chi connectivity index (χ1n) is 7.10. The fraction of sp³-hybridized carbons (Fsp3) is 0.235. The van der Waals surface area contributed by atoms with Crippen molar-refractivity contribution in [3.63, 3.8) is 0 Å². The number of cyclic esters (lactones) is 1. The van der Waals surface area contributed by atoms with Crippen molar-refractivity contribution in [1.29, 1.82) is 0 Å². The zero-order valence-electron chi connectivity index (χ0n) is 12.4. The number of hydrogen-bond donors (Lipinski definition) is 0. The molecule has 0 bridgehead atoms. The molecule has 2 heterocycles. The van der Waals surface area contributed by atoms with E-state index in [9.17, 15) is 14.4 Å². The number of carbonyl (C=O) groups excluding carboxylic acids is 3. The predicted octanol–water partition coefficient (Wildman–Crippen LogP) is 1.69. The van der Waals surface area contributed by atoms with Crippen molar-refractivity contribution in [3.05, 3.63) is 41.7 Å². The lowest BCUT2D eigenvalue weighted by Gasteiger charge is -2.18. The number of ketones is 2. The predicted molar refractivity (Wildman–Crippen MR) is 79.8 cm³/mol. The highest BCUT2D eigenvalue weighted by atomic mass is 16.6. The van der Waals surface area contributed by atoms with Crippen LogP contribution in [0.5, 0.6) is 11.5 Å². The third kappa shape index (κ3) is 3.15. The summed E-state index contributed by atoms with van der Waals surface area (Å²) in [6.45, 7) is 2.45. The highest BCUT2D eigenvalue weighted by Crippen LogP contribution is 2.31. The number of fused-ring (bicyclic) bond motifs is 1. The van der Waals surface area contributed by atoms with Gasteiger partial charge in [0.1, 0.15) is 19.0 Å². The second kappa shape index (κ2) is 6.08. The van der Waals surface area contributed by atoms with Gasteiger partial charge in [0.15, 0.2) is 29.0 Å². The van der Waals surface area contributed by atoms with E-state index in [-0.39, 0.29) is 5.76 Å². The smallest absolute Gasteiger partial charge is 0.329 e. The fourth-order valence-electron chi connectivity index (χ4n) is 2.34. The largest absolute Gasteiger partial charge is 0.486 e. The van der Waals surface area contributed by atoms with E-state index in [1.807, 2.05) is 0 Å². The molecule has 0 aromatic heterocycles. The molecule has 6 nitrogen and oxygen atoms in total. The topological polar surface area (TPSA) is 78.9 Å². The molecule has 0 saturated carbocycles. The van der Waals surface area contributed by atoms with Gasteiger partial charge in [0.05, 0.1) is 0 Å². The van der Waals surface area contributed by atoms with E-state index in [0.29, 0.717) is 30.3 Å². The van der Waals surface area contributed by atoms with Gasteiger partial charge in [0.25, 0.3) is 0 Å². The summed E-state index contributed by atoms with van der Waals surface area (Å²) < 4.78 is 15.7. The number of allylic oxidation sites excluding steroid dienone is 3. The van der Waals surface area contributed by atoms with Crippen molar-refractivity contribution in [1.82, 2.24) is 0 Å². The summed E-state index contributed by atoms with van der Waals surface area (Å²) >= 11 is 0. The van der Waals surface area contributed by atoms with Crippen LogP contribution in [-0.2, 0) is 19.1 Å². The molecule has 3 rings (SSSR count). The quantitative estimate of drug-likeness (QED) is 0.480. The van der Waals surface area contributed by atoms with Gasteiger partial charge in [-0.15, -0.1) is 0 Å². The van der Waals surface area contributed by atoms with E-state index >= 15 is 0 Å². The van der Waals surface area contributed by atoms with Crippen molar-refractivity contribution < 1.29 is 28.6 Å². The number of carbonyl (C=O) groups is 3. The molecule has 0 N–H and O–H groups in total. The third-order valence-corrected chi connectivity index (χ3v) is 3.42. The Kier molecular flexibility index (Phi) is 3.97. The van der Waals surface area contributed by atoms with Crippen LogP contribution in [0.15, 0.2) is 36.1 Å². The monoisotopic (exact) mass is 314 g/mol. The van der Waals surface area contributed by atoms with E-state index in [2.05, 4.69) is 0 Å². The molecule has 0 amide bonds. The summed E-state index contributed by atoms with van der Waals surface area (Å²) in [4.78, 5) is 35.6. The summed E-state index contributed by atoms with van der Waals surface area (Å²) in [5.74, 6) is -2.00. The maximum absolute atomic E-state index is 12.1. The summed E-state index contributed by atoms with van der Waals surface area (Å²) in [5, 5.41) is 0. The van der Waals surface area contributed by atoms with Crippen LogP contribution in [-0.4, -0.2) is 30.7 Å². The van der Waals surface area contributed by atoms with Gasteiger partial charge in [-0.1, -0.05) is 12.1 Å². The van der Waals surface area contributed by atoms with Crippen molar-refractivity contribution in [2.24, 2.45) is 5.92 Å². The summed E-state index contributed by atoms with van der Waals surface area (Å²) in [5.41, 5.74) is 0.700. The summed E-state index contributed by atoms with van der Waals surface area (Å²) in [6.07, 6.45) is 3.87. The summed E-state index contributed by atoms with van der Waals surface area (Å²) in [6, 6.07) is 5.22. The lowest BCUT2D eigenvalue weighted by atomic mass is 9.96. The minimum atomic E-state index is -1.42. The Morgan fingerprint density at radius 2 is 1.91 bits per heavy atom. The van der Waals surface area contributed by atoms with Gasteiger partial charge in [0.2, 0.25) is 0 Å². The number of esters is 1. The SMILES string of the molecule is CC1=CC(=O)C(C(=O)/C=C/c2ccc3c(c2)OCCO3)C(=O)O1. The third-order valence-electron chi connectivity index (χ3n) is 3.42. The molecule has 0 fully saturated rings. The molecule has 0 spiro atoms. The maximum Gasteiger partial charge on any atom is 0.329 e. The van der Waals surface area contributed by atoms with Crippen LogP contribution < -0.4 is 9.47 Å². The number of rotatable bonds is 3. The van der Waals surface area contributed by atoms with Crippen molar-refractivity contribution >= 4 is 23.6 Å². The van der Waals surface area contributed by atoms with E-state index in [1.54, 1.807) is 18.2 Å². The maximum atomic E-state index is 12.1. The van der Waals surface area contributed by atoms with Gasteiger partial charge in [0, 0.05) is 6.08 Å². The first kappa shape index (κ1) is 15.0. The zero-order valence-corrected chi connectivity index (χ0v) is 12.4. The van der Waals surface area contributed by atoms with Gasteiger partial charge in [-0.25, -0.2) is 0 Å². The second-order valence-corrected chi connectivity index (χ2v) is 5.15. The molecule has 0 aliphatic carbocycles. The first-order valence-corrected chi connectivity index (χ1v) is 7.10. The van der Waals surface area contributed by atoms with Crippen LogP contribution in [0.4, 0.5) is 0 Å². The second-order valence-electron chi connectivity index (χ2n) is 5.15. The minimum absolute atomic E-state index is 0.194. The van der Waals surface area contributed by atoms with Crippen LogP contribution in [0.1, 0.15) is 12.5 Å². The lowest BCUT2D eigenvalue weighted by molar-refractivity contribution is -0.151. The molecule has 2 aliphatic heterocycles. The molecule has 6 heteroatoms. The Labute approximate surface area is 132 Å². The average molecular weight is 314 g/mol. The molecule has 1 unspecified atom stereocenters. The molecule has 1 aromatic rings. The minimum Gasteiger partial charge on any atom is -0.486 e. The van der Waals surface area contributed by atoms with Crippen molar-refractivity contribution in [3.8, 4) is 11.5 Å². The van der Waals surface area contributed by atoms with E-state index in [0.717, 1.165) is 6.08 Å². The highest BCUT2D eigenvalue weighted by Gasteiger charge is 2.36. The highest BCUT2D eigenvalue weighted by molar-refractivity contribution is 6.25. The lowest BCUT2D eigenvalue weighted by Crippen LogP contribution is -2.34. The molecule has 118 valence electrons. The van der Waals surface area contributed by atoms with Crippen molar-refractivity contribution in [2.45, 2.75) is 6.92 Å². The van der Waals surface area contributed by atoms with Gasteiger partial charge in [-0.2, -0.15) is 0 Å². The Balaban J connectivity index is 1.76. The van der Waals surface area contributed by atoms with Crippen LogP contribution in [0, 0.1) is 5.92 Å². The standard InChI is InChI=1S/C17H14O6/c1-10-8-13(19)16(17(20)23-10)12(18)4-2-11-3-5-14-15(9-11)22-7-6-21-14/h2-5,8-9,16H,6-7H2,1H3/b4-2+. The molecule has 1 atom stereocenters. The molecular weight excluding hydrogens is 300 g/mol. The molecule has 2 aliphatic rings. The Hall–Kier alpha value is -2.89. The van der Waals surface area contributed by atoms with Crippen LogP contribution in [0.2, 0.25) is 0 Å². The first-order chi connectivity index (χ1) is 11.0. The number of ether oxygens (including phenoxy) is 3. The van der Waals surface area contributed by atoms with Gasteiger partial charge >= 0.3 is 5.97 Å². The van der Waals surface area contributed by atoms with E-state index in [4.69, 9.17) is 14.2 Å². The zero-order chi connectivity index (χ0) is 16.4. The van der Waals surface area contributed by atoms with E-state index in [1.165, 1.54) is 19.1 Å². The molecular formula is C17H14O6. The van der Waals surface area contributed by atoms with Gasteiger partial charge in [-0.05, 0) is 30.7 Å². The Bertz CT molecular complexity index is 743. The fourth-order valence-corrected chi connectivity index (χ4v) is 2.34. The molecule has 0 radical (unpaired) electrons. The molecule has 0 saturated heterocycles.